The fraction of sp³-hybridized carbons (Fsp3) is 0.241. The second kappa shape index (κ2) is 11.0. The van der Waals surface area contributed by atoms with Crippen LogP contribution in [-0.4, -0.2) is 54.2 Å². The molecule has 0 bridgehead atoms. The third kappa shape index (κ3) is 5.15. The van der Waals surface area contributed by atoms with Gasteiger partial charge in [-0.25, -0.2) is 4.68 Å². The van der Waals surface area contributed by atoms with E-state index in [2.05, 4.69) is 6.20 Å². The lowest BCUT2D eigenvalue weighted by Gasteiger charge is -2.24. The lowest BCUT2D eigenvalue weighted by molar-refractivity contribution is -0.128. The zero-order valence-electron chi connectivity index (χ0n) is 21.1. The van der Waals surface area contributed by atoms with Crippen LogP contribution in [0.4, 0.5) is 0 Å². The molecule has 7 nitrogen and oxygen atoms in total. The molecule has 3 aromatic carbocycles. The molecule has 0 spiro atoms. The Hall–Kier alpha value is -3.91. The Morgan fingerprint density at radius 1 is 0.919 bits per heavy atom. The number of hydrogen-bond acceptors (Lipinski definition) is 6. The number of benzene rings is 3. The molecule has 1 saturated heterocycles. The van der Waals surface area contributed by atoms with E-state index < -0.39 is 0 Å². The average molecular weight is 516 g/mol. The van der Waals surface area contributed by atoms with Gasteiger partial charge in [0, 0.05) is 23.9 Å². The molecule has 0 N–H and O–H groups in total. The number of nitrogens with zero attached hydrogens (tertiary/aromatic N) is 3. The highest BCUT2D eigenvalue weighted by Crippen LogP contribution is 2.43. The predicted octanol–water partition coefficient (Wildman–Crippen LogP) is 5.38. The maximum atomic E-state index is 13.0. The number of carbonyl (C=O) groups excluding carboxylic acids is 1. The molecule has 0 unspecified atom stereocenters. The molecule has 1 aliphatic rings. The average Bonchev–Trinajstić information content (AvgIpc) is 3.55. The fourth-order valence-corrected chi connectivity index (χ4v) is 5.71. The summed E-state index contributed by atoms with van der Waals surface area (Å²) in [6.07, 6.45) is 2.75. The van der Waals surface area contributed by atoms with Crippen LogP contribution in [0.25, 0.3) is 16.9 Å². The molecule has 37 heavy (non-hydrogen) atoms. The zero-order chi connectivity index (χ0) is 25.8. The van der Waals surface area contributed by atoms with Gasteiger partial charge in [0.2, 0.25) is 5.91 Å². The Kier molecular flexibility index (Phi) is 7.37. The number of carbonyl (C=O) groups is 1. The SMILES string of the molecule is COc1ccc(-c2nn(-c3ccccc3)cc2[C@H]2SCC(=O)N2CCc2ccc(OC)c(OC)c2)cc1. The van der Waals surface area contributed by atoms with Crippen molar-refractivity contribution in [1.82, 2.24) is 14.7 Å². The van der Waals surface area contributed by atoms with Crippen LogP contribution in [0, 0.1) is 0 Å². The topological polar surface area (TPSA) is 65.8 Å². The molecule has 5 rings (SSSR count). The summed E-state index contributed by atoms with van der Waals surface area (Å²) in [7, 11) is 4.91. The maximum absolute atomic E-state index is 13.0. The van der Waals surface area contributed by atoms with Gasteiger partial charge in [0.05, 0.1) is 38.5 Å². The Bertz CT molecular complexity index is 1370. The predicted molar refractivity (Wildman–Crippen MR) is 146 cm³/mol. The van der Waals surface area contributed by atoms with E-state index in [-0.39, 0.29) is 11.3 Å². The standard InChI is InChI=1S/C29H29N3O4S/c1-34-23-12-10-21(11-13-23)28-24(18-32(30-28)22-7-5-4-6-8-22)29-31(27(33)19-37-29)16-15-20-9-14-25(35-2)26(17-20)36-3/h4-14,17-18,29H,15-16,19H2,1-3H3/t29-/m1/s1. The van der Waals surface area contributed by atoms with Crippen LogP contribution in [0.3, 0.4) is 0 Å². The van der Waals surface area contributed by atoms with Crippen molar-refractivity contribution < 1.29 is 19.0 Å². The van der Waals surface area contributed by atoms with E-state index in [0.29, 0.717) is 30.2 Å². The highest BCUT2D eigenvalue weighted by atomic mass is 32.2. The highest BCUT2D eigenvalue weighted by Gasteiger charge is 2.35. The Morgan fingerprint density at radius 3 is 2.38 bits per heavy atom. The molecule has 1 fully saturated rings. The lowest BCUT2D eigenvalue weighted by Crippen LogP contribution is -2.30. The second-order valence-electron chi connectivity index (χ2n) is 8.63. The Morgan fingerprint density at radius 2 is 1.68 bits per heavy atom. The first-order chi connectivity index (χ1) is 18.1. The van der Waals surface area contributed by atoms with Gasteiger partial charge in [-0.15, -0.1) is 11.8 Å². The minimum Gasteiger partial charge on any atom is -0.497 e. The molecule has 190 valence electrons. The Labute approximate surface area is 221 Å². The van der Waals surface area contributed by atoms with Crippen molar-refractivity contribution in [2.45, 2.75) is 11.8 Å². The van der Waals surface area contributed by atoms with E-state index in [4.69, 9.17) is 19.3 Å². The Balaban J connectivity index is 1.47. The van der Waals surface area contributed by atoms with Gasteiger partial charge in [0.1, 0.15) is 11.1 Å². The van der Waals surface area contributed by atoms with Crippen molar-refractivity contribution in [2.75, 3.05) is 33.6 Å². The van der Waals surface area contributed by atoms with Gasteiger partial charge >= 0.3 is 0 Å². The smallest absolute Gasteiger partial charge is 0.233 e. The van der Waals surface area contributed by atoms with Gasteiger partial charge in [0.25, 0.3) is 0 Å². The van der Waals surface area contributed by atoms with Crippen LogP contribution < -0.4 is 14.2 Å². The summed E-state index contributed by atoms with van der Waals surface area (Å²) in [5, 5.41) is 4.83. The van der Waals surface area contributed by atoms with Gasteiger partial charge in [-0.05, 0) is 60.5 Å². The monoisotopic (exact) mass is 515 g/mol. The van der Waals surface area contributed by atoms with Gasteiger partial charge in [0.15, 0.2) is 11.5 Å². The van der Waals surface area contributed by atoms with Crippen LogP contribution in [0.2, 0.25) is 0 Å². The number of amides is 1. The van der Waals surface area contributed by atoms with E-state index in [1.807, 2.05) is 82.4 Å². The summed E-state index contributed by atoms with van der Waals surface area (Å²) in [5.74, 6) is 2.73. The van der Waals surface area contributed by atoms with Crippen molar-refractivity contribution in [1.29, 1.82) is 0 Å². The molecule has 8 heteroatoms. The molecule has 1 aliphatic heterocycles. The van der Waals surface area contributed by atoms with Crippen molar-refractivity contribution >= 4 is 17.7 Å². The largest absolute Gasteiger partial charge is 0.497 e. The summed E-state index contributed by atoms with van der Waals surface area (Å²) in [5.41, 5.74) is 4.89. The molecule has 1 aromatic heterocycles. The van der Waals surface area contributed by atoms with Crippen LogP contribution in [-0.2, 0) is 11.2 Å². The molecule has 4 aromatic rings. The number of para-hydroxylation sites is 1. The highest BCUT2D eigenvalue weighted by molar-refractivity contribution is 8.00. The van der Waals surface area contributed by atoms with E-state index >= 15 is 0 Å². The maximum Gasteiger partial charge on any atom is 0.233 e. The lowest BCUT2D eigenvalue weighted by atomic mass is 10.1. The zero-order valence-corrected chi connectivity index (χ0v) is 21.9. The third-order valence-electron chi connectivity index (χ3n) is 6.45. The number of methoxy groups -OCH3 is 3. The molecule has 1 amide bonds. The molecule has 1 atom stereocenters. The number of hydrogen-bond donors (Lipinski definition) is 0. The quantitative estimate of drug-likeness (QED) is 0.298. The summed E-state index contributed by atoms with van der Waals surface area (Å²) >= 11 is 1.64. The second-order valence-corrected chi connectivity index (χ2v) is 9.70. The summed E-state index contributed by atoms with van der Waals surface area (Å²) < 4.78 is 18.1. The van der Waals surface area contributed by atoms with Gasteiger partial charge < -0.3 is 19.1 Å². The molecular weight excluding hydrogens is 486 g/mol. The van der Waals surface area contributed by atoms with Crippen LogP contribution >= 0.6 is 11.8 Å². The molecule has 0 aliphatic carbocycles. The van der Waals surface area contributed by atoms with E-state index in [1.54, 1.807) is 33.1 Å². The van der Waals surface area contributed by atoms with Crippen molar-refractivity contribution in [3.05, 3.63) is 90.1 Å². The molecule has 0 saturated carbocycles. The van der Waals surface area contributed by atoms with Crippen LogP contribution in [0.5, 0.6) is 17.2 Å². The molecular formula is C29H29N3O4S. The number of ether oxygens (including phenoxy) is 3. The summed E-state index contributed by atoms with van der Waals surface area (Å²) in [6.45, 7) is 0.588. The minimum absolute atomic E-state index is 0.128. The van der Waals surface area contributed by atoms with E-state index in [9.17, 15) is 4.79 Å². The van der Waals surface area contributed by atoms with Gasteiger partial charge in [-0.1, -0.05) is 24.3 Å². The first-order valence-corrected chi connectivity index (χ1v) is 13.1. The fourth-order valence-electron chi connectivity index (χ4n) is 4.49. The number of thioether (sulfide) groups is 1. The third-order valence-corrected chi connectivity index (χ3v) is 7.69. The molecule has 0 radical (unpaired) electrons. The van der Waals surface area contributed by atoms with Gasteiger partial charge in [-0.2, -0.15) is 5.10 Å². The normalized spacial score (nSPS) is 15.2. The first-order valence-electron chi connectivity index (χ1n) is 12.0. The minimum atomic E-state index is -0.137. The summed E-state index contributed by atoms with van der Waals surface area (Å²) in [6, 6.07) is 23.8. The van der Waals surface area contributed by atoms with Crippen molar-refractivity contribution in [3.8, 4) is 34.2 Å². The number of rotatable bonds is 9. The van der Waals surface area contributed by atoms with Crippen molar-refractivity contribution in [3.63, 3.8) is 0 Å². The van der Waals surface area contributed by atoms with E-state index in [0.717, 1.165) is 33.8 Å². The summed E-state index contributed by atoms with van der Waals surface area (Å²) in [4.78, 5) is 15.0. The first kappa shape index (κ1) is 24.8. The molecule has 2 heterocycles. The van der Waals surface area contributed by atoms with Gasteiger partial charge in [-0.3, -0.25) is 4.79 Å². The van der Waals surface area contributed by atoms with Crippen molar-refractivity contribution in [2.24, 2.45) is 0 Å². The van der Waals surface area contributed by atoms with E-state index in [1.165, 1.54) is 0 Å². The number of aromatic nitrogens is 2. The van der Waals surface area contributed by atoms with Crippen LogP contribution in [0.1, 0.15) is 16.5 Å². The van der Waals surface area contributed by atoms with Crippen LogP contribution in [0.15, 0.2) is 79.0 Å².